The second kappa shape index (κ2) is 5.03. The summed E-state index contributed by atoms with van der Waals surface area (Å²) in [4.78, 5) is 8.78. The molecule has 0 spiro atoms. The molecule has 0 aromatic carbocycles. The van der Waals surface area contributed by atoms with E-state index in [1.54, 1.807) is 12.4 Å². The number of rotatable bonds is 1. The van der Waals surface area contributed by atoms with Crippen LogP contribution in [-0.2, 0) is 4.74 Å². The summed E-state index contributed by atoms with van der Waals surface area (Å²) in [6.07, 6.45) is 4.95. The SMILES string of the molecule is CN1CCO[C@@H]2CCN(c3ccncc3Cl)C[C@H]21. The van der Waals surface area contributed by atoms with Gasteiger partial charge in [-0.25, -0.2) is 0 Å². The van der Waals surface area contributed by atoms with Crippen LogP contribution in [0, 0.1) is 0 Å². The highest BCUT2D eigenvalue weighted by molar-refractivity contribution is 6.33. The topological polar surface area (TPSA) is 28.6 Å². The first-order valence-corrected chi connectivity index (χ1v) is 6.80. The Kier molecular flexibility index (Phi) is 3.41. The third-order valence-electron chi connectivity index (χ3n) is 3.95. The molecule has 0 radical (unpaired) electrons. The molecule has 2 aliphatic rings. The normalized spacial score (nSPS) is 29.1. The van der Waals surface area contributed by atoms with Gasteiger partial charge in [0.25, 0.3) is 0 Å². The van der Waals surface area contributed by atoms with Crippen molar-refractivity contribution in [1.82, 2.24) is 9.88 Å². The van der Waals surface area contributed by atoms with E-state index in [0.717, 1.165) is 43.4 Å². The first-order chi connectivity index (χ1) is 8.75. The molecule has 2 aliphatic heterocycles. The van der Waals surface area contributed by atoms with E-state index in [-0.39, 0.29) is 0 Å². The highest BCUT2D eigenvalue weighted by Gasteiger charge is 2.35. The number of nitrogens with zero attached hydrogens (tertiary/aromatic N) is 3. The van der Waals surface area contributed by atoms with Gasteiger partial charge in [-0.05, 0) is 19.5 Å². The van der Waals surface area contributed by atoms with Gasteiger partial charge in [-0.3, -0.25) is 9.88 Å². The van der Waals surface area contributed by atoms with Crippen LogP contribution >= 0.6 is 11.6 Å². The van der Waals surface area contributed by atoms with Crippen molar-refractivity contribution in [2.45, 2.75) is 18.6 Å². The zero-order valence-corrected chi connectivity index (χ0v) is 11.3. The average molecular weight is 268 g/mol. The molecule has 5 heteroatoms. The van der Waals surface area contributed by atoms with Crippen molar-refractivity contribution >= 4 is 17.3 Å². The molecule has 0 amide bonds. The summed E-state index contributed by atoms with van der Waals surface area (Å²) in [7, 11) is 2.18. The maximum absolute atomic E-state index is 6.22. The summed E-state index contributed by atoms with van der Waals surface area (Å²) in [5.41, 5.74) is 1.09. The van der Waals surface area contributed by atoms with Gasteiger partial charge in [0.1, 0.15) is 0 Å². The molecule has 98 valence electrons. The van der Waals surface area contributed by atoms with Gasteiger partial charge in [0.2, 0.25) is 0 Å². The number of halogens is 1. The fraction of sp³-hybridized carbons (Fsp3) is 0.615. The Morgan fingerprint density at radius 3 is 3.17 bits per heavy atom. The van der Waals surface area contributed by atoms with Gasteiger partial charge >= 0.3 is 0 Å². The van der Waals surface area contributed by atoms with Crippen LogP contribution in [0.25, 0.3) is 0 Å². The van der Waals surface area contributed by atoms with E-state index >= 15 is 0 Å². The quantitative estimate of drug-likeness (QED) is 0.774. The Morgan fingerprint density at radius 1 is 1.44 bits per heavy atom. The highest BCUT2D eigenvalue weighted by atomic mass is 35.5. The molecular formula is C13H18ClN3O. The minimum Gasteiger partial charge on any atom is -0.375 e. The van der Waals surface area contributed by atoms with Crippen LogP contribution in [0.5, 0.6) is 0 Å². The van der Waals surface area contributed by atoms with Gasteiger partial charge in [0, 0.05) is 32.0 Å². The zero-order chi connectivity index (χ0) is 12.5. The molecule has 4 nitrogen and oxygen atoms in total. The molecule has 0 bridgehead atoms. The predicted octanol–water partition coefficient (Wildman–Crippen LogP) is 1.64. The third-order valence-corrected chi connectivity index (χ3v) is 4.25. The summed E-state index contributed by atoms with van der Waals surface area (Å²) in [5.74, 6) is 0. The average Bonchev–Trinajstić information content (AvgIpc) is 2.40. The summed E-state index contributed by atoms with van der Waals surface area (Å²) in [6.45, 7) is 3.84. The van der Waals surface area contributed by atoms with Crippen molar-refractivity contribution < 1.29 is 4.74 Å². The fourth-order valence-electron chi connectivity index (χ4n) is 2.88. The molecule has 2 atom stereocenters. The largest absolute Gasteiger partial charge is 0.375 e. The van der Waals surface area contributed by atoms with Crippen molar-refractivity contribution in [2.24, 2.45) is 0 Å². The molecular weight excluding hydrogens is 250 g/mol. The van der Waals surface area contributed by atoms with Crippen molar-refractivity contribution in [3.05, 3.63) is 23.5 Å². The van der Waals surface area contributed by atoms with Gasteiger partial charge in [-0.15, -0.1) is 0 Å². The van der Waals surface area contributed by atoms with E-state index in [0.29, 0.717) is 12.1 Å². The smallest absolute Gasteiger partial charge is 0.0822 e. The minimum absolute atomic E-state index is 0.376. The van der Waals surface area contributed by atoms with Crippen molar-refractivity contribution in [3.63, 3.8) is 0 Å². The second-order valence-corrected chi connectivity index (χ2v) is 5.43. The number of fused-ring (bicyclic) bond motifs is 1. The summed E-state index contributed by atoms with van der Waals surface area (Å²) < 4.78 is 5.85. The van der Waals surface area contributed by atoms with E-state index in [9.17, 15) is 0 Å². The van der Waals surface area contributed by atoms with Crippen LogP contribution in [0.2, 0.25) is 5.02 Å². The Bertz CT molecular complexity index is 428. The Labute approximate surface area is 112 Å². The van der Waals surface area contributed by atoms with E-state index in [1.165, 1.54) is 0 Å². The third kappa shape index (κ3) is 2.20. The molecule has 3 rings (SSSR count). The number of piperidine rings is 1. The lowest BCUT2D eigenvalue weighted by Crippen LogP contribution is -2.58. The van der Waals surface area contributed by atoms with Crippen LogP contribution < -0.4 is 4.90 Å². The molecule has 2 saturated heterocycles. The zero-order valence-electron chi connectivity index (χ0n) is 10.6. The number of anilines is 1. The summed E-state index contributed by atoms with van der Waals surface area (Å²) in [5, 5.41) is 0.732. The fourth-order valence-corrected chi connectivity index (χ4v) is 3.12. The molecule has 1 aromatic rings. The second-order valence-electron chi connectivity index (χ2n) is 5.02. The lowest BCUT2D eigenvalue weighted by molar-refractivity contribution is -0.0687. The molecule has 0 aliphatic carbocycles. The van der Waals surface area contributed by atoms with Crippen LogP contribution in [0.1, 0.15) is 6.42 Å². The molecule has 2 fully saturated rings. The predicted molar refractivity (Wildman–Crippen MR) is 72.2 cm³/mol. The van der Waals surface area contributed by atoms with Crippen molar-refractivity contribution in [3.8, 4) is 0 Å². The van der Waals surface area contributed by atoms with Crippen molar-refractivity contribution in [2.75, 3.05) is 38.2 Å². The van der Waals surface area contributed by atoms with Gasteiger partial charge < -0.3 is 9.64 Å². The molecule has 3 heterocycles. The number of hydrogen-bond donors (Lipinski definition) is 0. The molecule has 18 heavy (non-hydrogen) atoms. The summed E-state index contributed by atoms with van der Waals surface area (Å²) in [6, 6.07) is 2.46. The van der Waals surface area contributed by atoms with Gasteiger partial charge in [0.15, 0.2) is 0 Å². The minimum atomic E-state index is 0.376. The van der Waals surface area contributed by atoms with Crippen LogP contribution in [0.4, 0.5) is 5.69 Å². The number of hydrogen-bond acceptors (Lipinski definition) is 4. The molecule has 1 aromatic heterocycles. The lowest BCUT2D eigenvalue weighted by atomic mass is 9.99. The maximum atomic E-state index is 6.22. The maximum Gasteiger partial charge on any atom is 0.0822 e. The van der Waals surface area contributed by atoms with E-state index < -0.39 is 0 Å². The van der Waals surface area contributed by atoms with E-state index in [4.69, 9.17) is 16.3 Å². The van der Waals surface area contributed by atoms with Gasteiger partial charge in [0.05, 0.1) is 29.5 Å². The Hall–Kier alpha value is -0.840. The number of ether oxygens (including phenoxy) is 1. The van der Waals surface area contributed by atoms with Gasteiger partial charge in [-0.1, -0.05) is 11.6 Å². The number of morpholine rings is 1. The first kappa shape index (κ1) is 12.2. The standard InChI is InChI=1S/C13H18ClN3O/c1-16-6-7-18-13-3-5-17(9-12(13)16)11-2-4-15-8-10(11)14/h2,4,8,12-13H,3,5-7,9H2,1H3/t12-,13-/m1/s1. The van der Waals surface area contributed by atoms with Crippen molar-refractivity contribution in [1.29, 1.82) is 0 Å². The molecule has 0 N–H and O–H groups in total. The molecule has 0 saturated carbocycles. The number of likely N-dealkylation sites (N-methyl/N-ethyl adjacent to an activating group) is 1. The monoisotopic (exact) mass is 267 g/mol. The number of pyridine rings is 1. The van der Waals surface area contributed by atoms with Gasteiger partial charge in [-0.2, -0.15) is 0 Å². The van der Waals surface area contributed by atoms with Crippen LogP contribution in [0.15, 0.2) is 18.5 Å². The Balaban J connectivity index is 1.78. The lowest BCUT2D eigenvalue weighted by Gasteiger charge is -2.46. The first-order valence-electron chi connectivity index (χ1n) is 6.42. The van der Waals surface area contributed by atoms with E-state index in [1.807, 2.05) is 6.07 Å². The number of aromatic nitrogens is 1. The van der Waals surface area contributed by atoms with Crippen LogP contribution in [-0.4, -0.2) is 55.3 Å². The molecule has 0 unspecified atom stereocenters. The highest BCUT2D eigenvalue weighted by Crippen LogP contribution is 2.30. The Morgan fingerprint density at radius 2 is 2.33 bits per heavy atom. The van der Waals surface area contributed by atoms with Crippen LogP contribution in [0.3, 0.4) is 0 Å². The summed E-state index contributed by atoms with van der Waals surface area (Å²) >= 11 is 6.22. The van der Waals surface area contributed by atoms with E-state index in [2.05, 4.69) is 21.8 Å².